The molecule has 8 nitrogen and oxygen atoms in total. The summed E-state index contributed by atoms with van der Waals surface area (Å²) in [5.74, 6) is -0.945. The van der Waals surface area contributed by atoms with Gasteiger partial charge in [-0.2, -0.15) is 0 Å². The minimum absolute atomic E-state index is 0.00356. The molecule has 1 rings (SSSR count). The molecule has 0 fully saturated rings. The van der Waals surface area contributed by atoms with Crippen molar-refractivity contribution in [2.24, 2.45) is 0 Å². The average molecular weight is 228 g/mol. The summed E-state index contributed by atoms with van der Waals surface area (Å²) in [5, 5.41) is 27.4. The number of aliphatic hydroxyl groups is 1. The average Bonchev–Trinajstić information content (AvgIpc) is 2.21. The van der Waals surface area contributed by atoms with Crippen molar-refractivity contribution in [2.75, 3.05) is 0 Å². The Bertz CT molecular complexity index is 445. The first-order valence-corrected chi connectivity index (χ1v) is 4.12. The Morgan fingerprint density at radius 2 is 2.25 bits per heavy atom. The molecule has 16 heavy (non-hydrogen) atoms. The number of aromatic hydroxyl groups is 1. The highest BCUT2D eigenvalue weighted by atomic mass is 17.0. The Morgan fingerprint density at radius 3 is 2.69 bits per heavy atom. The normalized spacial score (nSPS) is 9.88. The molecule has 0 atom stereocenters. The lowest BCUT2D eigenvalue weighted by Crippen LogP contribution is -2.10. The maximum absolute atomic E-state index is 10.7. The van der Waals surface area contributed by atoms with Crippen molar-refractivity contribution in [1.29, 1.82) is 0 Å². The number of hydrogen-bond acceptors (Lipinski definition) is 7. The van der Waals surface area contributed by atoms with Crippen molar-refractivity contribution in [3.05, 3.63) is 26.9 Å². The number of rotatable bonds is 4. The molecule has 1 heterocycles. The van der Waals surface area contributed by atoms with E-state index in [4.69, 9.17) is 5.11 Å². The van der Waals surface area contributed by atoms with Crippen LogP contribution in [0.15, 0.2) is 0 Å². The van der Waals surface area contributed by atoms with Crippen molar-refractivity contribution in [2.45, 2.75) is 13.5 Å². The van der Waals surface area contributed by atoms with Gasteiger partial charge in [0.25, 0.3) is 0 Å². The van der Waals surface area contributed by atoms with Gasteiger partial charge in [0.2, 0.25) is 5.88 Å². The Kier molecular flexibility index (Phi) is 3.36. The first kappa shape index (κ1) is 11.9. The molecular formula is C8H8N2O6. The number of pyridine rings is 1. The first-order valence-electron chi connectivity index (χ1n) is 4.12. The van der Waals surface area contributed by atoms with Gasteiger partial charge in [-0.05, 0) is 6.92 Å². The van der Waals surface area contributed by atoms with Crippen LogP contribution in [0, 0.1) is 17.0 Å². The van der Waals surface area contributed by atoms with Gasteiger partial charge in [-0.3, -0.25) is 9.63 Å². The lowest BCUT2D eigenvalue weighted by atomic mass is 10.1. The second kappa shape index (κ2) is 4.53. The fraction of sp³-hybridized carbons (Fsp3) is 0.250. The fourth-order valence-corrected chi connectivity index (χ4v) is 1.15. The van der Waals surface area contributed by atoms with Crippen molar-refractivity contribution in [1.82, 2.24) is 4.98 Å². The van der Waals surface area contributed by atoms with Gasteiger partial charge >= 0.3 is 5.09 Å². The second-order valence-corrected chi connectivity index (χ2v) is 2.83. The Hall–Kier alpha value is -2.22. The highest BCUT2D eigenvalue weighted by molar-refractivity contribution is 5.82. The van der Waals surface area contributed by atoms with Crippen LogP contribution < -0.4 is 4.84 Å². The van der Waals surface area contributed by atoms with Crippen LogP contribution in [-0.4, -0.2) is 26.6 Å². The van der Waals surface area contributed by atoms with E-state index in [-0.39, 0.29) is 23.1 Å². The van der Waals surface area contributed by atoms with E-state index in [1.807, 2.05) is 0 Å². The number of aryl methyl sites for hydroxylation is 1. The molecular weight excluding hydrogens is 220 g/mol. The molecule has 0 aliphatic heterocycles. The van der Waals surface area contributed by atoms with Crippen LogP contribution in [0.4, 0.5) is 0 Å². The van der Waals surface area contributed by atoms with E-state index in [2.05, 4.69) is 9.82 Å². The number of aldehydes is 1. The number of aromatic nitrogens is 1. The molecule has 8 heteroatoms. The predicted octanol–water partition coefficient (Wildman–Crippen LogP) is -0.0291. The van der Waals surface area contributed by atoms with E-state index >= 15 is 0 Å². The minimum atomic E-state index is -1.12. The fourth-order valence-electron chi connectivity index (χ4n) is 1.15. The van der Waals surface area contributed by atoms with Gasteiger partial charge < -0.3 is 10.2 Å². The summed E-state index contributed by atoms with van der Waals surface area (Å²) in [5.41, 5.74) is -0.502. The van der Waals surface area contributed by atoms with Crippen molar-refractivity contribution >= 4 is 6.29 Å². The van der Waals surface area contributed by atoms with E-state index in [9.17, 15) is 20.0 Å². The van der Waals surface area contributed by atoms with Crippen LogP contribution in [0.1, 0.15) is 21.6 Å². The summed E-state index contributed by atoms with van der Waals surface area (Å²) in [7, 11) is 0. The molecule has 2 N–H and O–H groups in total. The zero-order chi connectivity index (χ0) is 12.3. The van der Waals surface area contributed by atoms with Gasteiger partial charge in [-0.1, -0.05) is 0 Å². The van der Waals surface area contributed by atoms with Crippen LogP contribution in [0.25, 0.3) is 0 Å². The third kappa shape index (κ3) is 2.06. The number of aliphatic hydroxyl groups excluding tert-OH is 1. The monoisotopic (exact) mass is 228 g/mol. The maximum Gasteiger partial charge on any atom is 0.301 e. The van der Waals surface area contributed by atoms with Gasteiger partial charge in [-0.25, -0.2) is 4.98 Å². The van der Waals surface area contributed by atoms with Gasteiger partial charge in [0.15, 0.2) is 6.29 Å². The summed E-state index contributed by atoms with van der Waals surface area (Å²) in [4.78, 5) is 28.5. The second-order valence-electron chi connectivity index (χ2n) is 2.83. The van der Waals surface area contributed by atoms with Crippen LogP contribution >= 0.6 is 0 Å². The highest BCUT2D eigenvalue weighted by Gasteiger charge is 2.18. The molecule has 0 saturated heterocycles. The minimum Gasteiger partial charge on any atom is -0.505 e. The van der Waals surface area contributed by atoms with Gasteiger partial charge in [-0.15, -0.1) is 10.1 Å². The van der Waals surface area contributed by atoms with Gasteiger partial charge in [0, 0.05) is 5.56 Å². The van der Waals surface area contributed by atoms with Crippen molar-refractivity contribution < 1.29 is 24.9 Å². The summed E-state index contributed by atoms with van der Waals surface area (Å²) in [6.45, 7) is 0.633. The molecule has 0 radical (unpaired) electrons. The summed E-state index contributed by atoms with van der Waals surface area (Å²) in [6.07, 6.45) is 0.266. The molecule has 0 saturated carbocycles. The number of hydrogen-bond donors (Lipinski definition) is 2. The standard InChI is InChI=1S/C8H8N2O6/c1-4-7(13)5(2-11)6(3-12)8(9-4)16-10(14)15/h2,12-13H,3H2,1H3. The van der Waals surface area contributed by atoms with Crippen molar-refractivity contribution in [3.8, 4) is 11.6 Å². The molecule has 0 unspecified atom stereocenters. The third-order valence-electron chi connectivity index (χ3n) is 1.89. The topological polar surface area (TPSA) is 123 Å². The Balaban J connectivity index is 3.43. The van der Waals surface area contributed by atoms with E-state index in [1.54, 1.807) is 0 Å². The summed E-state index contributed by atoms with van der Waals surface area (Å²) in [6, 6.07) is 0. The molecule has 1 aromatic rings. The summed E-state index contributed by atoms with van der Waals surface area (Å²) < 4.78 is 0. The summed E-state index contributed by atoms with van der Waals surface area (Å²) >= 11 is 0. The Morgan fingerprint density at radius 1 is 1.62 bits per heavy atom. The number of nitrogens with zero attached hydrogens (tertiary/aromatic N) is 2. The first-order chi connectivity index (χ1) is 7.51. The van der Waals surface area contributed by atoms with Crippen molar-refractivity contribution in [3.63, 3.8) is 0 Å². The van der Waals surface area contributed by atoms with Crippen LogP contribution in [-0.2, 0) is 6.61 Å². The van der Waals surface area contributed by atoms with Crippen LogP contribution in [0.3, 0.4) is 0 Å². The molecule has 0 amide bonds. The SMILES string of the molecule is Cc1nc(O[N+](=O)[O-])c(CO)c(C=O)c1O. The van der Waals surface area contributed by atoms with Gasteiger partial charge in [0.05, 0.1) is 17.9 Å². The molecule has 0 aliphatic rings. The van der Waals surface area contributed by atoms with Crippen LogP contribution in [0.5, 0.6) is 11.6 Å². The van der Waals surface area contributed by atoms with E-state index in [0.717, 1.165) is 0 Å². The van der Waals surface area contributed by atoms with E-state index in [0.29, 0.717) is 0 Å². The molecule has 86 valence electrons. The molecule has 1 aromatic heterocycles. The largest absolute Gasteiger partial charge is 0.505 e. The van der Waals surface area contributed by atoms with E-state index in [1.165, 1.54) is 6.92 Å². The maximum atomic E-state index is 10.7. The number of carbonyl (C=O) groups excluding carboxylic acids is 1. The lowest BCUT2D eigenvalue weighted by Gasteiger charge is -2.10. The zero-order valence-electron chi connectivity index (χ0n) is 8.21. The zero-order valence-corrected chi connectivity index (χ0v) is 8.21. The molecule has 0 spiro atoms. The molecule has 0 aliphatic carbocycles. The predicted molar refractivity (Wildman–Crippen MR) is 49.6 cm³/mol. The molecule has 0 aromatic carbocycles. The van der Waals surface area contributed by atoms with Gasteiger partial charge in [0.1, 0.15) is 5.75 Å². The smallest absolute Gasteiger partial charge is 0.301 e. The van der Waals surface area contributed by atoms with E-state index < -0.39 is 23.3 Å². The highest BCUT2D eigenvalue weighted by Crippen LogP contribution is 2.29. The Labute approximate surface area is 89.2 Å². The van der Waals surface area contributed by atoms with Crippen LogP contribution in [0.2, 0.25) is 0 Å². The third-order valence-corrected chi connectivity index (χ3v) is 1.89. The molecule has 0 bridgehead atoms. The lowest BCUT2D eigenvalue weighted by molar-refractivity contribution is -0.712. The quantitative estimate of drug-likeness (QED) is 0.421. The number of carbonyl (C=O) groups is 1.